The van der Waals surface area contributed by atoms with Gasteiger partial charge in [-0.25, -0.2) is 9.67 Å². The van der Waals surface area contributed by atoms with Crippen molar-refractivity contribution in [2.45, 2.75) is 38.5 Å². The van der Waals surface area contributed by atoms with E-state index in [1.807, 2.05) is 22.9 Å². The molecule has 2 fully saturated rings. The number of aromatic nitrogens is 4. The first-order chi connectivity index (χ1) is 15.7. The number of nitrogens with zero attached hydrogens (tertiary/aromatic N) is 4. The number of imidazole rings is 1. The van der Waals surface area contributed by atoms with E-state index in [9.17, 15) is 0 Å². The van der Waals surface area contributed by atoms with Crippen molar-refractivity contribution in [2.24, 2.45) is 0 Å². The minimum atomic E-state index is -0.0529. The Kier molecular flexibility index (Phi) is 4.77. The molecule has 166 valence electrons. The number of benzene rings is 2. The zero-order valence-corrected chi connectivity index (χ0v) is 18.3. The summed E-state index contributed by atoms with van der Waals surface area (Å²) in [7, 11) is 0. The van der Waals surface area contributed by atoms with Crippen molar-refractivity contribution in [1.29, 1.82) is 0 Å². The summed E-state index contributed by atoms with van der Waals surface area (Å²) in [5.41, 5.74) is 11.8. The monoisotopic (exact) mass is 432 g/mol. The van der Waals surface area contributed by atoms with Gasteiger partial charge in [0.15, 0.2) is 12.1 Å². The minimum Gasteiger partial charge on any atom is -0.399 e. The Morgan fingerprint density at radius 1 is 1.09 bits per heavy atom. The Bertz CT molecular complexity index is 1270. The van der Waals surface area contributed by atoms with Crippen molar-refractivity contribution in [2.75, 3.05) is 36.9 Å². The first kappa shape index (κ1) is 19.6. The summed E-state index contributed by atoms with van der Waals surface area (Å²) < 4.78 is 13.7. The molecular formula is C24H28N6O2. The van der Waals surface area contributed by atoms with E-state index < -0.39 is 0 Å². The number of nitrogens with one attached hydrogen (secondary N) is 1. The summed E-state index contributed by atoms with van der Waals surface area (Å²) in [6, 6.07) is 12.3. The fourth-order valence-corrected chi connectivity index (χ4v) is 4.83. The molecule has 32 heavy (non-hydrogen) atoms. The fourth-order valence-electron chi connectivity index (χ4n) is 4.83. The fraction of sp³-hybridized carbons (Fsp3) is 0.417. The quantitative estimate of drug-likeness (QED) is 0.474. The van der Waals surface area contributed by atoms with Gasteiger partial charge in [-0.15, -0.1) is 0 Å². The van der Waals surface area contributed by atoms with E-state index in [4.69, 9.17) is 25.3 Å². The smallest absolute Gasteiger partial charge is 0.159 e. The Morgan fingerprint density at radius 3 is 2.88 bits per heavy atom. The topological polar surface area (TPSA) is 94.2 Å². The lowest BCUT2D eigenvalue weighted by molar-refractivity contribution is -0.0365. The molecule has 2 atom stereocenters. The molecule has 2 aliphatic heterocycles. The van der Waals surface area contributed by atoms with Crippen molar-refractivity contribution >= 4 is 33.3 Å². The highest BCUT2D eigenvalue weighted by Gasteiger charge is 2.23. The SMILES string of the molecule is CC1CN(c2ccc3nc(-c4nn(C5CCCCO5)c5ccc(N)cc45)[nH]c3c2)CCO1. The van der Waals surface area contributed by atoms with E-state index >= 15 is 0 Å². The molecule has 2 aliphatic rings. The Morgan fingerprint density at radius 2 is 2.03 bits per heavy atom. The molecule has 2 unspecified atom stereocenters. The van der Waals surface area contributed by atoms with E-state index in [-0.39, 0.29) is 12.3 Å². The number of rotatable bonds is 3. The minimum absolute atomic E-state index is 0.0529. The van der Waals surface area contributed by atoms with E-state index in [0.29, 0.717) is 5.69 Å². The molecule has 4 heterocycles. The number of morpholine rings is 1. The third-order valence-corrected chi connectivity index (χ3v) is 6.45. The highest BCUT2D eigenvalue weighted by Crippen LogP contribution is 2.34. The van der Waals surface area contributed by atoms with Gasteiger partial charge in [-0.05, 0) is 62.6 Å². The van der Waals surface area contributed by atoms with Crippen LogP contribution in [0.4, 0.5) is 11.4 Å². The Hall–Kier alpha value is -3.10. The van der Waals surface area contributed by atoms with Gasteiger partial charge in [-0.1, -0.05) is 0 Å². The molecule has 2 aromatic heterocycles. The number of hydrogen-bond donors (Lipinski definition) is 2. The normalized spacial score (nSPS) is 22.1. The molecule has 0 amide bonds. The van der Waals surface area contributed by atoms with Crippen LogP contribution in [0.25, 0.3) is 33.5 Å². The number of H-pyrrole nitrogens is 1. The number of fused-ring (bicyclic) bond motifs is 2. The number of nitrogen functional groups attached to an aromatic ring is 1. The first-order valence-electron chi connectivity index (χ1n) is 11.4. The molecule has 0 radical (unpaired) electrons. The molecule has 3 N–H and O–H groups in total. The summed E-state index contributed by atoms with van der Waals surface area (Å²) >= 11 is 0. The number of nitrogens with two attached hydrogens (primary N) is 1. The average molecular weight is 433 g/mol. The summed E-state index contributed by atoms with van der Waals surface area (Å²) in [6.07, 6.45) is 3.39. The Balaban J connectivity index is 1.42. The van der Waals surface area contributed by atoms with Crippen LogP contribution in [0.1, 0.15) is 32.4 Å². The predicted molar refractivity (Wildman–Crippen MR) is 126 cm³/mol. The van der Waals surface area contributed by atoms with Crippen LogP contribution in [-0.4, -0.2) is 52.2 Å². The summed E-state index contributed by atoms with van der Waals surface area (Å²) in [6.45, 7) is 5.42. The molecule has 0 saturated carbocycles. The summed E-state index contributed by atoms with van der Waals surface area (Å²) in [4.78, 5) is 10.7. The molecule has 0 bridgehead atoms. The van der Waals surface area contributed by atoms with E-state index in [2.05, 4.69) is 35.0 Å². The van der Waals surface area contributed by atoms with Gasteiger partial charge in [0.2, 0.25) is 0 Å². The highest BCUT2D eigenvalue weighted by molar-refractivity contribution is 5.95. The van der Waals surface area contributed by atoms with Crippen LogP contribution in [0.5, 0.6) is 0 Å². The van der Waals surface area contributed by atoms with Gasteiger partial charge >= 0.3 is 0 Å². The van der Waals surface area contributed by atoms with E-state index in [1.165, 1.54) is 5.69 Å². The van der Waals surface area contributed by atoms with Crippen LogP contribution >= 0.6 is 0 Å². The van der Waals surface area contributed by atoms with Crippen LogP contribution in [0.15, 0.2) is 36.4 Å². The zero-order valence-electron chi connectivity index (χ0n) is 18.3. The first-order valence-corrected chi connectivity index (χ1v) is 11.4. The molecule has 6 rings (SSSR count). The lowest BCUT2D eigenvalue weighted by Gasteiger charge is -2.32. The standard InChI is InChI=1S/C24H28N6O2/c1-15-14-29(9-11-31-15)17-6-7-19-20(13-17)27-24(26-19)23-18-12-16(25)5-8-21(18)30(28-23)22-4-2-3-10-32-22/h5-8,12-13,15,22H,2-4,9-11,14,25H2,1H3,(H,26,27). The molecule has 0 aliphatic carbocycles. The third kappa shape index (κ3) is 3.40. The number of ether oxygens (including phenoxy) is 2. The maximum atomic E-state index is 6.13. The average Bonchev–Trinajstić information content (AvgIpc) is 3.40. The maximum Gasteiger partial charge on any atom is 0.159 e. The number of anilines is 2. The van der Waals surface area contributed by atoms with Crippen LogP contribution in [0, 0.1) is 0 Å². The van der Waals surface area contributed by atoms with Crippen molar-refractivity contribution in [3.8, 4) is 11.5 Å². The lowest BCUT2D eigenvalue weighted by atomic mass is 10.1. The van der Waals surface area contributed by atoms with Gasteiger partial charge in [-0.2, -0.15) is 5.10 Å². The highest BCUT2D eigenvalue weighted by atomic mass is 16.5. The number of aromatic amines is 1. The molecule has 4 aromatic rings. The van der Waals surface area contributed by atoms with Gasteiger partial charge in [0.25, 0.3) is 0 Å². The number of hydrogen-bond acceptors (Lipinski definition) is 6. The third-order valence-electron chi connectivity index (χ3n) is 6.45. The molecular weight excluding hydrogens is 404 g/mol. The summed E-state index contributed by atoms with van der Waals surface area (Å²) in [5.74, 6) is 0.748. The molecule has 8 nitrogen and oxygen atoms in total. The molecule has 2 saturated heterocycles. The second kappa shape index (κ2) is 7.79. The van der Waals surface area contributed by atoms with Crippen molar-refractivity contribution in [1.82, 2.24) is 19.7 Å². The van der Waals surface area contributed by atoms with Crippen molar-refractivity contribution in [3.63, 3.8) is 0 Å². The van der Waals surface area contributed by atoms with E-state index in [0.717, 1.165) is 79.0 Å². The second-order valence-electron chi connectivity index (χ2n) is 8.81. The van der Waals surface area contributed by atoms with Crippen LogP contribution in [0.3, 0.4) is 0 Å². The van der Waals surface area contributed by atoms with Gasteiger partial charge < -0.3 is 25.1 Å². The van der Waals surface area contributed by atoms with Crippen LogP contribution in [0.2, 0.25) is 0 Å². The molecule has 8 heteroatoms. The van der Waals surface area contributed by atoms with Crippen molar-refractivity contribution in [3.05, 3.63) is 36.4 Å². The summed E-state index contributed by atoms with van der Waals surface area (Å²) in [5, 5.41) is 5.94. The van der Waals surface area contributed by atoms with Gasteiger partial charge in [-0.3, -0.25) is 0 Å². The maximum absolute atomic E-state index is 6.13. The predicted octanol–water partition coefficient (Wildman–Crippen LogP) is 4.09. The van der Waals surface area contributed by atoms with Gasteiger partial charge in [0.1, 0.15) is 5.69 Å². The van der Waals surface area contributed by atoms with E-state index in [1.54, 1.807) is 0 Å². The largest absolute Gasteiger partial charge is 0.399 e. The second-order valence-corrected chi connectivity index (χ2v) is 8.81. The van der Waals surface area contributed by atoms with Gasteiger partial charge in [0.05, 0.1) is 29.3 Å². The Labute approximate surface area is 186 Å². The molecule has 0 spiro atoms. The van der Waals surface area contributed by atoms with Crippen molar-refractivity contribution < 1.29 is 9.47 Å². The van der Waals surface area contributed by atoms with Crippen LogP contribution < -0.4 is 10.6 Å². The van der Waals surface area contributed by atoms with Gasteiger partial charge in [0, 0.05) is 36.5 Å². The molecule has 2 aromatic carbocycles. The lowest BCUT2D eigenvalue weighted by Crippen LogP contribution is -2.41. The van der Waals surface area contributed by atoms with Crippen LogP contribution in [-0.2, 0) is 9.47 Å². The zero-order chi connectivity index (χ0) is 21.7.